The summed E-state index contributed by atoms with van der Waals surface area (Å²) in [7, 11) is 0. The third-order valence-electron chi connectivity index (χ3n) is 6.34. The molecule has 1 aliphatic heterocycles. The van der Waals surface area contributed by atoms with Gasteiger partial charge in [-0.15, -0.1) is 0 Å². The molecule has 0 radical (unpaired) electrons. The first-order chi connectivity index (χ1) is 16.2. The van der Waals surface area contributed by atoms with Gasteiger partial charge in [-0.25, -0.2) is 4.98 Å². The molecule has 1 saturated heterocycles. The van der Waals surface area contributed by atoms with E-state index in [9.17, 15) is 0 Å². The summed E-state index contributed by atoms with van der Waals surface area (Å²) in [6.45, 7) is 9.43. The second kappa shape index (κ2) is 9.77. The highest BCUT2D eigenvalue weighted by Gasteiger charge is 2.17. The average molecular weight is 446 g/mol. The minimum Gasteiger partial charge on any atom is -0.379 e. The summed E-state index contributed by atoms with van der Waals surface area (Å²) in [5.41, 5.74) is 6.38. The van der Waals surface area contributed by atoms with Crippen LogP contribution in [0.3, 0.4) is 0 Å². The van der Waals surface area contributed by atoms with Crippen LogP contribution in [0.15, 0.2) is 53.2 Å². The molecule has 172 valence electrons. The Morgan fingerprint density at radius 1 is 1.03 bits per heavy atom. The highest BCUT2D eigenvalue weighted by Crippen LogP contribution is 2.29. The lowest BCUT2D eigenvalue weighted by molar-refractivity contribution is 0.0398. The van der Waals surface area contributed by atoms with E-state index >= 15 is 0 Å². The fraction of sp³-hybridized carbons (Fsp3) is 0.385. The maximum Gasteiger partial charge on any atom is 0.141 e. The van der Waals surface area contributed by atoms with E-state index in [2.05, 4.69) is 68.4 Å². The number of ether oxygens (including phenoxy) is 1. The zero-order valence-corrected chi connectivity index (χ0v) is 19.4. The van der Waals surface area contributed by atoms with Crippen molar-refractivity contribution in [2.75, 3.05) is 44.7 Å². The van der Waals surface area contributed by atoms with Gasteiger partial charge in [0.25, 0.3) is 0 Å². The van der Waals surface area contributed by atoms with E-state index in [1.807, 2.05) is 13.8 Å². The van der Waals surface area contributed by atoms with Crippen molar-refractivity contribution in [1.82, 2.24) is 19.4 Å². The molecule has 7 nitrogen and oxygen atoms in total. The molecular formula is C26H31N5O2. The number of nitrogens with zero attached hydrogens (tertiary/aromatic N) is 4. The summed E-state index contributed by atoms with van der Waals surface area (Å²) >= 11 is 0. The first kappa shape index (κ1) is 21.7. The topological polar surface area (TPSA) is 67.8 Å². The van der Waals surface area contributed by atoms with Crippen LogP contribution in [0.4, 0.5) is 5.82 Å². The van der Waals surface area contributed by atoms with Crippen LogP contribution < -0.4 is 5.32 Å². The molecule has 3 aromatic heterocycles. The molecule has 0 atom stereocenters. The zero-order valence-electron chi connectivity index (χ0n) is 19.4. The van der Waals surface area contributed by atoms with Crippen molar-refractivity contribution in [2.45, 2.75) is 26.7 Å². The van der Waals surface area contributed by atoms with Gasteiger partial charge in [-0.2, -0.15) is 0 Å². The molecule has 5 rings (SSSR count). The number of nitrogens with one attached hydrogen (secondary N) is 1. The highest BCUT2D eigenvalue weighted by atomic mass is 16.5. The maximum absolute atomic E-state index is 5.47. The van der Waals surface area contributed by atoms with Crippen LogP contribution in [-0.4, -0.2) is 58.8 Å². The second-order valence-electron chi connectivity index (χ2n) is 8.62. The fourth-order valence-electron chi connectivity index (χ4n) is 4.57. The molecular weight excluding hydrogens is 414 g/mol. The van der Waals surface area contributed by atoms with Crippen LogP contribution in [0, 0.1) is 13.8 Å². The number of fused-ring (bicyclic) bond motifs is 1. The molecule has 0 unspecified atom stereocenters. The summed E-state index contributed by atoms with van der Waals surface area (Å²) in [6, 6.07) is 14.9. The number of aromatic nitrogens is 3. The van der Waals surface area contributed by atoms with Crippen molar-refractivity contribution in [1.29, 1.82) is 0 Å². The van der Waals surface area contributed by atoms with Crippen LogP contribution in [0.1, 0.15) is 22.7 Å². The molecule has 7 heteroatoms. The van der Waals surface area contributed by atoms with Crippen molar-refractivity contribution in [2.24, 2.45) is 0 Å². The van der Waals surface area contributed by atoms with Crippen LogP contribution in [0.25, 0.3) is 16.8 Å². The van der Waals surface area contributed by atoms with Crippen LogP contribution in [0.2, 0.25) is 0 Å². The monoisotopic (exact) mass is 445 g/mol. The van der Waals surface area contributed by atoms with Crippen LogP contribution >= 0.6 is 0 Å². The minimum absolute atomic E-state index is 0.822. The van der Waals surface area contributed by atoms with Gasteiger partial charge in [-0.3, -0.25) is 9.30 Å². The lowest BCUT2D eigenvalue weighted by atomic mass is 10.1. The molecule has 0 saturated carbocycles. The van der Waals surface area contributed by atoms with Gasteiger partial charge in [0.05, 0.1) is 24.6 Å². The van der Waals surface area contributed by atoms with Gasteiger partial charge in [0.1, 0.15) is 17.2 Å². The molecule has 0 spiro atoms. The molecule has 4 aromatic rings. The molecule has 0 amide bonds. The number of imidazole rings is 1. The molecule has 0 bridgehead atoms. The van der Waals surface area contributed by atoms with Crippen LogP contribution in [0.5, 0.6) is 0 Å². The highest BCUT2D eigenvalue weighted by molar-refractivity contribution is 5.72. The minimum atomic E-state index is 0.822. The standard InChI is InChI=1S/C26H31N5O2/c1-19-25(20(2)33-29-19)22-10-12-31-24(18-22)28-23(9-8-21-6-4-3-5-7-21)26(31)27-11-13-30-14-16-32-17-15-30/h3-7,10,12,18,27H,8-9,11,13-17H2,1-2H3. The van der Waals surface area contributed by atoms with Gasteiger partial charge in [-0.05, 0) is 49.9 Å². The van der Waals surface area contributed by atoms with Gasteiger partial charge < -0.3 is 14.6 Å². The Morgan fingerprint density at radius 3 is 2.61 bits per heavy atom. The Hall–Kier alpha value is -3.16. The third-order valence-corrected chi connectivity index (χ3v) is 6.34. The third kappa shape index (κ3) is 4.79. The Kier molecular flexibility index (Phi) is 6.41. The van der Waals surface area contributed by atoms with Crippen LogP contribution in [-0.2, 0) is 17.6 Å². The lowest BCUT2D eigenvalue weighted by Gasteiger charge is -2.26. The second-order valence-corrected chi connectivity index (χ2v) is 8.62. The number of rotatable bonds is 8. The van der Waals surface area contributed by atoms with E-state index in [4.69, 9.17) is 14.2 Å². The Balaban J connectivity index is 1.42. The zero-order chi connectivity index (χ0) is 22.6. The van der Waals surface area contributed by atoms with Crippen molar-refractivity contribution in [3.63, 3.8) is 0 Å². The summed E-state index contributed by atoms with van der Waals surface area (Å²) in [4.78, 5) is 7.48. The summed E-state index contributed by atoms with van der Waals surface area (Å²) in [6.07, 6.45) is 3.94. The summed E-state index contributed by atoms with van der Waals surface area (Å²) in [5.74, 6) is 1.91. The largest absolute Gasteiger partial charge is 0.379 e. The molecule has 1 aliphatic rings. The molecule has 1 N–H and O–H groups in total. The van der Waals surface area contributed by atoms with Gasteiger partial charge >= 0.3 is 0 Å². The number of hydrogen-bond acceptors (Lipinski definition) is 6. The molecule has 33 heavy (non-hydrogen) atoms. The maximum atomic E-state index is 5.47. The van der Waals surface area contributed by atoms with E-state index in [-0.39, 0.29) is 0 Å². The molecule has 1 aromatic carbocycles. The van der Waals surface area contributed by atoms with Crippen molar-refractivity contribution in [3.05, 3.63) is 71.4 Å². The van der Waals surface area contributed by atoms with E-state index < -0.39 is 0 Å². The Morgan fingerprint density at radius 2 is 1.85 bits per heavy atom. The van der Waals surface area contributed by atoms with E-state index in [1.165, 1.54) is 5.56 Å². The summed E-state index contributed by atoms with van der Waals surface area (Å²) in [5, 5.41) is 7.80. The van der Waals surface area contributed by atoms with E-state index in [0.29, 0.717) is 0 Å². The van der Waals surface area contributed by atoms with E-state index in [0.717, 1.165) is 92.0 Å². The van der Waals surface area contributed by atoms with Crippen molar-refractivity contribution < 1.29 is 9.26 Å². The Labute approximate surface area is 194 Å². The molecule has 1 fully saturated rings. The molecule has 0 aliphatic carbocycles. The number of benzene rings is 1. The fourth-order valence-corrected chi connectivity index (χ4v) is 4.57. The Bertz CT molecular complexity index is 1190. The average Bonchev–Trinajstić information content (AvgIpc) is 3.37. The predicted molar refractivity (Wildman–Crippen MR) is 130 cm³/mol. The first-order valence-corrected chi connectivity index (χ1v) is 11.7. The lowest BCUT2D eigenvalue weighted by Crippen LogP contribution is -2.39. The SMILES string of the molecule is Cc1noc(C)c1-c1ccn2c(NCCN3CCOCC3)c(CCc3ccccc3)nc2c1. The predicted octanol–water partition coefficient (Wildman–Crippen LogP) is 4.14. The van der Waals surface area contributed by atoms with Gasteiger partial charge in [-0.1, -0.05) is 35.5 Å². The van der Waals surface area contributed by atoms with E-state index in [1.54, 1.807) is 0 Å². The van der Waals surface area contributed by atoms with Gasteiger partial charge in [0, 0.05) is 37.9 Å². The quantitative estimate of drug-likeness (QED) is 0.440. The van der Waals surface area contributed by atoms with Gasteiger partial charge in [0.2, 0.25) is 0 Å². The van der Waals surface area contributed by atoms with Crippen molar-refractivity contribution >= 4 is 11.5 Å². The number of anilines is 1. The molecule has 4 heterocycles. The normalized spacial score (nSPS) is 14.7. The smallest absolute Gasteiger partial charge is 0.141 e. The first-order valence-electron chi connectivity index (χ1n) is 11.7. The number of pyridine rings is 1. The number of aryl methyl sites for hydroxylation is 4. The van der Waals surface area contributed by atoms with Gasteiger partial charge in [0.15, 0.2) is 0 Å². The number of hydrogen-bond donors (Lipinski definition) is 1. The summed E-state index contributed by atoms with van der Waals surface area (Å²) < 4.78 is 13.0. The number of morpholine rings is 1. The van der Waals surface area contributed by atoms with Crippen molar-refractivity contribution in [3.8, 4) is 11.1 Å².